The summed E-state index contributed by atoms with van der Waals surface area (Å²) in [6.45, 7) is 0. The zero-order valence-corrected chi connectivity index (χ0v) is 16.2. The third-order valence-corrected chi connectivity index (χ3v) is 6.42. The van der Waals surface area contributed by atoms with Crippen molar-refractivity contribution >= 4 is 41.2 Å². The van der Waals surface area contributed by atoms with Gasteiger partial charge >= 0.3 is 0 Å². The monoisotopic (exact) mass is 414 g/mol. The van der Waals surface area contributed by atoms with Crippen LogP contribution in [-0.4, -0.2) is 23.0 Å². The van der Waals surface area contributed by atoms with Crippen LogP contribution in [0.5, 0.6) is 0 Å². The van der Waals surface area contributed by atoms with Gasteiger partial charge < -0.3 is 4.42 Å². The largest absolute Gasteiger partial charge is 0.455 e. The summed E-state index contributed by atoms with van der Waals surface area (Å²) in [4.78, 5) is 25.5. The quantitative estimate of drug-likeness (QED) is 0.412. The second kappa shape index (κ2) is 6.61. The molecule has 2 fully saturated rings. The first-order valence-corrected chi connectivity index (χ1v) is 9.94. The van der Waals surface area contributed by atoms with Gasteiger partial charge in [0.15, 0.2) is 0 Å². The molecule has 28 heavy (non-hydrogen) atoms. The molecule has 3 aliphatic carbocycles. The van der Waals surface area contributed by atoms with Crippen molar-refractivity contribution in [1.82, 2.24) is 5.01 Å². The van der Waals surface area contributed by atoms with Crippen molar-refractivity contribution < 1.29 is 14.0 Å². The van der Waals surface area contributed by atoms with E-state index < -0.39 is 0 Å². The van der Waals surface area contributed by atoms with E-state index in [1.54, 1.807) is 30.3 Å². The summed E-state index contributed by atoms with van der Waals surface area (Å²) < 4.78 is 5.76. The lowest BCUT2D eigenvalue weighted by atomic mass is 9.63. The average molecular weight is 415 g/mol. The highest BCUT2D eigenvalue weighted by atomic mass is 35.5. The van der Waals surface area contributed by atoms with Crippen LogP contribution in [0.15, 0.2) is 52.0 Å². The highest BCUT2D eigenvalue weighted by Crippen LogP contribution is 2.49. The number of furan rings is 1. The van der Waals surface area contributed by atoms with E-state index in [4.69, 9.17) is 27.6 Å². The maximum atomic E-state index is 12.8. The van der Waals surface area contributed by atoms with Crippen molar-refractivity contribution in [2.24, 2.45) is 28.8 Å². The third kappa shape index (κ3) is 2.73. The summed E-state index contributed by atoms with van der Waals surface area (Å²) in [7, 11) is 0. The number of nitrogens with zero attached hydrogens (tertiary/aromatic N) is 2. The van der Waals surface area contributed by atoms with E-state index in [0.29, 0.717) is 27.1 Å². The summed E-state index contributed by atoms with van der Waals surface area (Å²) in [5.74, 6) is 0.270. The lowest BCUT2D eigenvalue weighted by Gasteiger charge is -2.37. The Morgan fingerprint density at radius 3 is 2.32 bits per heavy atom. The number of benzene rings is 1. The summed E-state index contributed by atoms with van der Waals surface area (Å²) in [5, 5.41) is 6.23. The van der Waals surface area contributed by atoms with Crippen LogP contribution in [0.3, 0.4) is 0 Å². The van der Waals surface area contributed by atoms with Crippen molar-refractivity contribution in [3.8, 4) is 11.3 Å². The number of hydrogen-bond donors (Lipinski definition) is 0. The lowest BCUT2D eigenvalue weighted by Crippen LogP contribution is -2.38. The third-order valence-electron chi connectivity index (χ3n) is 5.86. The molecular formula is C21H16Cl2N2O3. The first-order valence-electron chi connectivity index (χ1n) is 9.18. The van der Waals surface area contributed by atoms with E-state index in [-0.39, 0.29) is 35.5 Å². The zero-order chi connectivity index (χ0) is 19.4. The number of carbonyl (C=O) groups is 2. The maximum absolute atomic E-state index is 12.8. The molecule has 2 aromatic rings. The number of halogens is 2. The maximum Gasteiger partial charge on any atom is 0.254 e. The number of carbonyl (C=O) groups excluding carboxylic acids is 2. The summed E-state index contributed by atoms with van der Waals surface area (Å²) in [6, 6.07) is 8.56. The fraction of sp³-hybridized carbons (Fsp3) is 0.286. The fourth-order valence-electron chi connectivity index (χ4n) is 4.54. The van der Waals surface area contributed by atoms with Crippen molar-refractivity contribution in [2.45, 2.75) is 12.8 Å². The minimum absolute atomic E-state index is 0.145. The van der Waals surface area contributed by atoms with Gasteiger partial charge in [-0.15, -0.1) is 0 Å². The number of fused-ring (bicyclic) bond motifs is 1. The van der Waals surface area contributed by atoms with Crippen LogP contribution in [0.4, 0.5) is 0 Å². The van der Waals surface area contributed by atoms with Crippen LogP contribution in [-0.2, 0) is 9.59 Å². The first kappa shape index (κ1) is 17.7. The van der Waals surface area contributed by atoms with E-state index in [1.165, 1.54) is 6.21 Å². The molecule has 1 saturated carbocycles. The SMILES string of the molecule is O=C1[C@@H]2[C@@H](C(=O)N1/N=C\c1ccc(-c3cc(Cl)ccc3Cl)o1)[C@H]1C=C[C@H]2CC1. The molecule has 2 heterocycles. The first-order chi connectivity index (χ1) is 13.5. The normalized spacial score (nSPS) is 28.6. The van der Waals surface area contributed by atoms with Crippen molar-refractivity contribution in [1.29, 1.82) is 0 Å². The number of amides is 2. The van der Waals surface area contributed by atoms with Crippen LogP contribution < -0.4 is 0 Å². The molecule has 0 unspecified atom stereocenters. The standard InChI is InChI=1S/C21H16Cl2N2O3/c22-13-5-7-16(23)15(9-13)17-8-6-14(28-17)10-24-25-20(26)18-11-1-2-12(4-3-11)19(18)21(25)27/h1-2,5-12,18-19H,3-4H2/b24-10-/t11-,12-,18-,19-/m0/s1. The molecule has 2 bridgehead atoms. The second-order valence-corrected chi connectivity index (χ2v) is 8.24. The number of allylic oxidation sites excluding steroid dienone is 2. The van der Waals surface area contributed by atoms with Gasteiger partial charge in [0.25, 0.3) is 11.8 Å². The molecule has 6 rings (SSSR count). The van der Waals surface area contributed by atoms with Gasteiger partial charge in [-0.3, -0.25) is 9.59 Å². The molecule has 1 aromatic carbocycles. The molecule has 1 saturated heterocycles. The average Bonchev–Trinajstić information content (AvgIpc) is 3.28. The van der Waals surface area contributed by atoms with Gasteiger partial charge in [-0.2, -0.15) is 10.1 Å². The number of imide groups is 1. The summed E-state index contributed by atoms with van der Waals surface area (Å²) in [5.41, 5.74) is 0.663. The van der Waals surface area contributed by atoms with Gasteiger partial charge in [0.1, 0.15) is 11.5 Å². The zero-order valence-electron chi connectivity index (χ0n) is 14.7. The molecule has 1 aliphatic heterocycles. The van der Waals surface area contributed by atoms with E-state index in [0.717, 1.165) is 17.9 Å². The molecule has 142 valence electrons. The Morgan fingerprint density at radius 1 is 1.00 bits per heavy atom. The summed E-state index contributed by atoms with van der Waals surface area (Å²) >= 11 is 12.2. The highest BCUT2D eigenvalue weighted by molar-refractivity contribution is 6.35. The number of hydrazone groups is 1. The molecule has 7 heteroatoms. The minimum atomic E-state index is -0.272. The number of hydrogen-bond acceptors (Lipinski definition) is 4. The van der Waals surface area contributed by atoms with Crippen molar-refractivity contribution in [2.75, 3.05) is 0 Å². The van der Waals surface area contributed by atoms with Crippen LogP contribution in [0, 0.1) is 23.7 Å². The van der Waals surface area contributed by atoms with E-state index in [9.17, 15) is 9.59 Å². The van der Waals surface area contributed by atoms with Crippen molar-refractivity contribution in [3.05, 3.63) is 58.3 Å². The lowest BCUT2D eigenvalue weighted by molar-refractivity contribution is -0.140. The van der Waals surface area contributed by atoms with Crippen LogP contribution >= 0.6 is 23.2 Å². The van der Waals surface area contributed by atoms with Crippen molar-refractivity contribution in [3.63, 3.8) is 0 Å². The Bertz CT molecular complexity index is 1010. The smallest absolute Gasteiger partial charge is 0.254 e. The predicted octanol–water partition coefficient (Wildman–Crippen LogP) is 4.78. The van der Waals surface area contributed by atoms with Gasteiger partial charge in [-0.1, -0.05) is 35.4 Å². The van der Waals surface area contributed by atoms with Gasteiger partial charge in [-0.25, -0.2) is 0 Å². The van der Waals surface area contributed by atoms with Gasteiger partial charge in [0.2, 0.25) is 0 Å². The molecule has 1 aromatic heterocycles. The van der Waals surface area contributed by atoms with E-state index in [1.807, 2.05) is 0 Å². The molecule has 0 radical (unpaired) electrons. The molecule has 4 atom stereocenters. The minimum Gasteiger partial charge on any atom is -0.455 e. The Kier molecular flexibility index (Phi) is 4.18. The highest BCUT2D eigenvalue weighted by Gasteiger charge is 2.56. The van der Waals surface area contributed by atoms with Gasteiger partial charge in [0, 0.05) is 10.6 Å². The molecule has 4 aliphatic rings. The molecule has 0 spiro atoms. The Morgan fingerprint density at radius 2 is 1.68 bits per heavy atom. The Hall–Kier alpha value is -2.37. The Balaban J connectivity index is 1.39. The number of rotatable bonds is 3. The van der Waals surface area contributed by atoms with Crippen LogP contribution in [0.25, 0.3) is 11.3 Å². The topological polar surface area (TPSA) is 62.9 Å². The van der Waals surface area contributed by atoms with Gasteiger partial charge in [0.05, 0.1) is 23.1 Å². The molecule has 5 nitrogen and oxygen atoms in total. The molecular weight excluding hydrogens is 399 g/mol. The molecule has 2 amide bonds. The summed E-state index contributed by atoms with van der Waals surface area (Å²) in [6.07, 6.45) is 7.48. The van der Waals surface area contributed by atoms with E-state index >= 15 is 0 Å². The van der Waals surface area contributed by atoms with Crippen LogP contribution in [0.2, 0.25) is 10.0 Å². The van der Waals surface area contributed by atoms with Gasteiger partial charge in [-0.05, 0) is 55.0 Å². The molecule has 0 N–H and O–H groups in total. The van der Waals surface area contributed by atoms with Crippen LogP contribution in [0.1, 0.15) is 18.6 Å². The second-order valence-electron chi connectivity index (χ2n) is 7.40. The predicted molar refractivity (Wildman–Crippen MR) is 106 cm³/mol. The fourth-order valence-corrected chi connectivity index (χ4v) is 4.92. The Labute approximate surface area is 171 Å². The van der Waals surface area contributed by atoms with E-state index in [2.05, 4.69) is 17.3 Å².